The number of nitrogens with zero attached hydrogens (tertiary/aromatic N) is 3. The van der Waals surface area contributed by atoms with Crippen molar-refractivity contribution in [1.82, 2.24) is 15.3 Å². The molecular weight excluding hydrogens is 386 g/mol. The molecule has 2 amide bonds. The lowest BCUT2D eigenvalue weighted by molar-refractivity contribution is -0.126. The van der Waals surface area contributed by atoms with Crippen LogP contribution in [0.3, 0.4) is 0 Å². The molecule has 1 aromatic heterocycles. The molecule has 1 unspecified atom stereocenters. The number of carbonyl (C=O) groups is 2. The summed E-state index contributed by atoms with van der Waals surface area (Å²) in [6.07, 6.45) is 3.52. The third kappa shape index (κ3) is 4.54. The molecule has 2 aromatic rings. The van der Waals surface area contributed by atoms with Crippen molar-refractivity contribution in [3.8, 4) is 0 Å². The zero-order valence-electron chi connectivity index (χ0n) is 13.5. The van der Waals surface area contributed by atoms with Crippen molar-refractivity contribution >= 4 is 39.4 Å². The van der Waals surface area contributed by atoms with Crippen LogP contribution in [0.25, 0.3) is 0 Å². The van der Waals surface area contributed by atoms with Crippen LogP contribution < -0.4 is 15.5 Å². The topological polar surface area (TPSA) is 87.2 Å². The number of benzene rings is 1. The van der Waals surface area contributed by atoms with E-state index in [4.69, 9.17) is 0 Å². The summed E-state index contributed by atoms with van der Waals surface area (Å²) in [5.74, 6) is 0.0452. The Morgan fingerprint density at radius 1 is 1.24 bits per heavy atom. The largest absolute Gasteiger partial charge is 0.354 e. The Balaban J connectivity index is 1.47. The molecule has 0 bridgehead atoms. The summed E-state index contributed by atoms with van der Waals surface area (Å²) in [7, 11) is 0. The number of rotatable bonds is 6. The molecule has 8 heteroatoms. The fraction of sp³-hybridized carbons (Fsp3) is 0.294. The van der Waals surface area contributed by atoms with Crippen molar-refractivity contribution in [3.63, 3.8) is 0 Å². The Kier molecular flexibility index (Phi) is 5.60. The first-order valence-corrected chi connectivity index (χ1v) is 8.77. The Morgan fingerprint density at radius 2 is 2.04 bits per heavy atom. The molecule has 3 rings (SSSR count). The average molecular weight is 404 g/mol. The summed E-state index contributed by atoms with van der Waals surface area (Å²) in [6.45, 7) is 1.36. The Morgan fingerprint density at radius 3 is 2.80 bits per heavy atom. The lowest BCUT2D eigenvalue weighted by Gasteiger charge is -2.17. The first-order valence-electron chi connectivity index (χ1n) is 7.98. The number of carbonyl (C=O) groups excluding carboxylic acids is 2. The van der Waals surface area contributed by atoms with E-state index in [-0.39, 0.29) is 24.2 Å². The molecule has 0 aliphatic carbocycles. The van der Waals surface area contributed by atoms with E-state index in [1.54, 1.807) is 23.4 Å². The lowest BCUT2D eigenvalue weighted by atomic mass is 10.1. The van der Waals surface area contributed by atoms with Gasteiger partial charge >= 0.3 is 0 Å². The van der Waals surface area contributed by atoms with Gasteiger partial charge in [0.2, 0.25) is 17.8 Å². The summed E-state index contributed by atoms with van der Waals surface area (Å²) >= 11 is 3.40. The average Bonchev–Trinajstić information content (AvgIpc) is 3.01. The Hall–Kier alpha value is -2.48. The molecule has 1 aromatic carbocycles. The standard InChI is InChI=1S/C17H18BrN5O2/c18-13-3-1-4-14(10-13)23-11-12(9-15(23)24)16(25)19-7-8-22-17-20-5-2-6-21-17/h1-6,10,12H,7-9,11H2,(H,19,25)(H,20,21,22). The van der Waals surface area contributed by atoms with Crippen molar-refractivity contribution < 1.29 is 9.59 Å². The van der Waals surface area contributed by atoms with Gasteiger partial charge in [0.25, 0.3) is 0 Å². The van der Waals surface area contributed by atoms with Crippen molar-refractivity contribution in [2.45, 2.75) is 6.42 Å². The van der Waals surface area contributed by atoms with Crippen LogP contribution in [0.1, 0.15) is 6.42 Å². The van der Waals surface area contributed by atoms with E-state index in [0.717, 1.165) is 10.2 Å². The van der Waals surface area contributed by atoms with E-state index in [2.05, 4.69) is 36.5 Å². The molecule has 1 aliphatic heterocycles. The van der Waals surface area contributed by atoms with Gasteiger partial charge < -0.3 is 15.5 Å². The van der Waals surface area contributed by atoms with E-state index in [0.29, 0.717) is 25.6 Å². The summed E-state index contributed by atoms with van der Waals surface area (Å²) in [4.78, 5) is 34.2. The SMILES string of the molecule is O=C(NCCNc1ncccn1)C1CC(=O)N(c2cccc(Br)c2)C1. The minimum atomic E-state index is -0.334. The molecule has 1 aliphatic rings. The number of aromatic nitrogens is 2. The number of halogens is 1. The van der Waals surface area contributed by atoms with E-state index >= 15 is 0 Å². The molecule has 7 nitrogen and oxygen atoms in total. The first kappa shape index (κ1) is 17.3. The van der Waals surface area contributed by atoms with Gasteiger partial charge in [0, 0.05) is 48.6 Å². The lowest BCUT2D eigenvalue weighted by Crippen LogP contribution is -2.35. The molecule has 2 heterocycles. The predicted octanol–water partition coefficient (Wildman–Crippen LogP) is 1.82. The van der Waals surface area contributed by atoms with E-state index in [1.807, 2.05) is 24.3 Å². The third-order valence-corrected chi connectivity index (χ3v) is 4.38. The number of hydrogen-bond acceptors (Lipinski definition) is 5. The highest BCUT2D eigenvalue weighted by atomic mass is 79.9. The third-order valence-electron chi connectivity index (χ3n) is 3.89. The van der Waals surface area contributed by atoms with E-state index in [1.165, 1.54) is 0 Å². The summed E-state index contributed by atoms with van der Waals surface area (Å²) in [5.41, 5.74) is 0.803. The maximum absolute atomic E-state index is 12.3. The number of anilines is 2. The molecule has 1 fully saturated rings. The molecule has 130 valence electrons. The minimum absolute atomic E-state index is 0.0333. The van der Waals surface area contributed by atoms with Crippen LogP contribution in [-0.2, 0) is 9.59 Å². The van der Waals surface area contributed by atoms with Crippen LogP contribution in [-0.4, -0.2) is 41.4 Å². The molecular formula is C17H18BrN5O2. The molecule has 0 saturated carbocycles. The number of hydrogen-bond donors (Lipinski definition) is 2. The Bertz CT molecular complexity index is 756. The molecule has 0 spiro atoms. The maximum Gasteiger partial charge on any atom is 0.227 e. The summed E-state index contributed by atoms with van der Waals surface area (Å²) in [6, 6.07) is 9.25. The first-order chi connectivity index (χ1) is 12.1. The number of nitrogens with one attached hydrogen (secondary N) is 2. The van der Waals surface area contributed by atoms with Crippen LogP contribution in [0.2, 0.25) is 0 Å². The normalized spacial score (nSPS) is 16.8. The fourth-order valence-corrected chi connectivity index (χ4v) is 3.06. The second kappa shape index (κ2) is 8.06. The second-order valence-electron chi connectivity index (χ2n) is 5.68. The van der Waals surface area contributed by atoms with Gasteiger partial charge in [0.15, 0.2) is 0 Å². The molecule has 2 N–H and O–H groups in total. The highest BCUT2D eigenvalue weighted by molar-refractivity contribution is 9.10. The fourth-order valence-electron chi connectivity index (χ4n) is 2.67. The molecule has 0 radical (unpaired) electrons. The van der Waals surface area contributed by atoms with Crippen LogP contribution in [0.5, 0.6) is 0 Å². The van der Waals surface area contributed by atoms with Gasteiger partial charge in [0.05, 0.1) is 5.92 Å². The van der Waals surface area contributed by atoms with Crippen molar-refractivity contribution in [3.05, 3.63) is 47.2 Å². The van der Waals surface area contributed by atoms with Gasteiger partial charge in [-0.25, -0.2) is 9.97 Å². The highest BCUT2D eigenvalue weighted by Crippen LogP contribution is 2.27. The smallest absolute Gasteiger partial charge is 0.227 e. The summed E-state index contributed by atoms with van der Waals surface area (Å²) in [5, 5.41) is 5.87. The zero-order valence-corrected chi connectivity index (χ0v) is 15.1. The molecule has 1 atom stereocenters. The van der Waals surface area contributed by atoms with Gasteiger partial charge in [0.1, 0.15) is 0 Å². The molecule has 25 heavy (non-hydrogen) atoms. The monoisotopic (exact) mass is 403 g/mol. The Labute approximate surface area is 154 Å². The summed E-state index contributed by atoms with van der Waals surface area (Å²) < 4.78 is 0.903. The minimum Gasteiger partial charge on any atom is -0.354 e. The van der Waals surface area contributed by atoms with Gasteiger partial charge in [-0.05, 0) is 24.3 Å². The van der Waals surface area contributed by atoms with Crippen molar-refractivity contribution in [1.29, 1.82) is 0 Å². The van der Waals surface area contributed by atoms with Crippen LogP contribution in [0, 0.1) is 5.92 Å². The second-order valence-corrected chi connectivity index (χ2v) is 6.59. The zero-order chi connectivity index (χ0) is 17.6. The van der Waals surface area contributed by atoms with Crippen molar-refractivity contribution in [2.75, 3.05) is 29.9 Å². The maximum atomic E-state index is 12.3. The van der Waals surface area contributed by atoms with E-state index < -0.39 is 0 Å². The quantitative estimate of drug-likeness (QED) is 0.718. The van der Waals surface area contributed by atoms with Gasteiger partial charge in [-0.15, -0.1) is 0 Å². The van der Waals surface area contributed by atoms with Crippen LogP contribution >= 0.6 is 15.9 Å². The molecule has 1 saturated heterocycles. The van der Waals surface area contributed by atoms with Crippen molar-refractivity contribution in [2.24, 2.45) is 5.92 Å². The van der Waals surface area contributed by atoms with Gasteiger partial charge in [-0.2, -0.15) is 0 Å². The highest BCUT2D eigenvalue weighted by Gasteiger charge is 2.34. The number of amides is 2. The van der Waals surface area contributed by atoms with Gasteiger partial charge in [-0.1, -0.05) is 22.0 Å². The predicted molar refractivity (Wildman–Crippen MR) is 98.1 cm³/mol. The van der Waals surface area contributed by atoms with Gasteiger partial charge in [-0.3, -0.25) is 9.59 Å². The van der Waals surface area contributed by atoms with E-state index in [9.17, 15) is 9.59 Å². The van der Waals surface area contributed by atoms with Crippen LogP contribution in [0.15, 0.2) is 47.2 Å². The van der Waals surface area contributed by atoms with Crippen LogP contribution in [0.4, 0.5) is 11.6 Å².